The van der Waals surface area contributed by atoms with Crippen molar-refractivity contribution in [1.82, 2.24) is 10.2 Å². The van der Waals surface area contributed by atoms with Crippen LogP contribution in [0.1, 0.15) is 5.69 Å². The molecule has 2 heterocycles. The lowest BCUT2D eigenvalue weighted by Crippen LogP contribution is -2.25. The second kappa shape index (κ2) is 4.67. The molecular formula is C12H11BrN4O2. The summed E-state index contributed by atoms with van der Waals surface area (Å²) in [5.41, 5.74) is 8.69. The van der Waals surface area contributed by atoms with E-state index in [0.29, 0.717) is 18.0 Å². The van der Waals surface area contributed by atoms with E-state index in [1.807, 2.05) is 18.2 Å². The van der Waals surface area contributed by atoms with Gasteiger partial charge in [0.25, 0.3) is 5.91 Å². The summed E-state index contributed by atoms with van der Waals surface area (Å²) in [7, 11) is 0. The Labute approximate surface area is 117 Å². The van der Waals surface area contributed by atoms with Crippen molar-refractivity contribution in [3.63, 3.8) is 0 Å². The highest BCUT2D eigenvalue weighted by molar-refractivity contribution is 9.10. The van der Waals surface area contributed by atoms with E-state index >= 15 is 0 Å². The molecule has 0 aliphatic carbocycles. The van der Waals surface area contributed by atoms with Crippen molar-refractivity contribution in [2.75, 3.05) is 11.9 Å². The first-order valence-electron chi connectivity index (χ1n) is 5.69. The van der Waals surface area contributed by atoms with Crippen LogP contribution in [0.2, 0.25) is 0 Å². The van der Waals surface area contributed by atoms with Gasteiger partial charge in [-0.3, -0.25) is 9.89 Å². The molecule has 1 aliphatic rings. The molecule has 0 fully saturated rings. The average molecular weight is 323 g/mol. The van der Waals surface area contributed by atoms with E-state index in [-0.39, 0.29) is 12.5 Å². The SMILES string of the molecule is NCc1[nH]nc(-c2ccc3c(c2)NC(=O)CO3)c1Br. The lowest BCUT2D eigenvalue weighted by Gasteiger charge is -2.18. The Morgan fingerprint density at radius 2 is 2.32 bits per heavy atom. The van der Waals surface area contributed by atoms with Gasteiger partial charge >= 0.3 is 0 Å². The molecule has 4 N–H and O–H groups in total. The topological polar surface area (TPSA) is 93.0 Å². The summed E-state index contributed by atoms with van der Waals surface area (Å²) in [6.45, 7) is 0.425. The Morgan fingerprint density at radius 3 is 3.05 bits per heavy atom. The third-order valence-corrected chi connectivity index (χ3v) is 3.72. The number of H-pyrrole nitrogens is 1. The molecule has 0 unspecified atom stereocenters. The largest absolute Gasteiger partial charge is 0.482 e. The van der Waals surface area contributed by atoms with E-state index in [1.54, 1.807) is 0 Å². The summed E-state index contributed by atoms with van der Waals surface area (Å²) in [5.74, 6) is 0.502. The third kappa shape index (κ3) is 2.11. The number of fused-ring (bicyclic) bond motifs is 1. The van der Waals surface area contributed by atoms with E-state index < -0.39 is 0 Å². The molecule has 98 valence electrons. The van der Waals surface area contributed by atoms with Gasteiger partial charge in [-0.15, -0.1) is 0 Å². The van der Waals surface area contributed by atoms with Crippen molar-refractivity contribution in [1.29, 1.82) is 0 Å². The van der Waals surface area contributed by atoms with Crippen molar-refractivity contribution in [3.05, 3.63) is 28.4 Å². The summed E-state index contributed by atoms with van der Waals surface area (Å²) < 4.78 is 6.14. The number of amides is 1. The van der Waals surface area contributed by atoms with Crippen LogP contribution in [-0.2, 0) is 11.3 Å². The van der Waals surface area contributed by atoms with Crippen LogP contribution < -0.4 is 15.8 Å². The van der Waals surface area contributed by atoms with Gasteiger partial charge in [-0.05, 0) is 34.1 Å². The highest BCUT2D eigenvalue weighted by Crippen LogP contribution is 2.35. The van der Waals surface area contributed by atoms with Crippen LogP contribution >= 0.6 is 15.9 Å². The second-order valence-corrected chi connectivity index (χ2v) is 4.91. The molecule has 0 radical (unpaired) electrons. The highest BCUT2D eigenvalue weighted by Gasteiger charge is 2.18. The van der Waals surface area contributed by atoms with Crippen LogP contribution in [-0.4, -0.2) is 22.7 Å². The van der Waals surface area contributed by atoms with Gasteiger partial charge in [-0.1, -0.05) is 0 Å². The molecule has 1 amide bonds. The van der Waals surface area contributed by atoms with Crippen molar-refractivity contribution in [2.45, 2.75) is 6.54 Å². The molecule has 1 aliphatic heterocycles. The number of nitrogens with two attached hydrogens (primary N) is 1. The summed E-state index contributed by atoms with van der Waals surface area (Å²) in [4.78, 5) is 11.3. The number of aromatic amines is 1. The summed E-state index contributed by atoms with van der Waals surface area (Å²) in [5, 5.41) is 9.86. The molecule has 1 aromatic heterocycles. The lowest BCUT2D eigenvalue weighted by atomic mass is 10.1. The maximum atomic E-state index is 11.3. The summed E-state index contributed by atoms with van der Waals surface area (Å²) in [6, 6.07) is 5.53. The van der Waals surface area contributed by atoms with Gasteiger partial charge < -0.3 is 15.8 Å². The zero-order chi connectivity index (χ0) is 13.4. The molecule has 0 atom stereocenters. The van der Waals surface area contributed by atoms with Crippen LogP contribution in [0.3, 0.4) is 0 Å². The number of aromatic nitrogens is 2. The number of ether oxygens (including phenoxy) is 1. The summed E-state index contributed by atoms with van der Waals surface area (Å²) in [6.07, 6.45) is 0. The Hall–Kier alpha value is -1.86. The molecule has 0 bridgehead atoms. The van der Waals surface area contributed by atoms with Crippen molar-refractivity contribution in [2.24, 2.45) is 5.73 Å². The average Bonchev–Trinajstić information content (AvgIpc) is 2.79. The number of hydrogen-bond acceptors (Lipinski definition) is 4. The van der Waals surface area contributed by atoms with Gasteiger partial charge in [-0.2, -0.15) is 5.10 Å². The minimum Gasteiger partial charge on any atom is -0.482 e. The molecule has 0 saturated heterocycles. The summed E-state index contributed by atoms with van der Waals surface area (Å²) >= 11 is 3.46. The Kier molecular flexibility index (Phi) is 3.00. The zero-order valence-corrected chi connectivity index (χ0v) is 11.5. The van der Waals surface area contributed by atoms with Gasteiger partial charge in [0.1, 0.15) is 11.4 Å². The number of anilines is 1. The number of halogens is 1. The molecule has 19 heavy (non-hydrogen) atoms. The number of carbonyl (C=O) groups excluding carboxylic acids is 1. The first kappa shape index (κ1) is 12.2. The van der Waals surface area contributed by atoms with E-state index in [1.165, 1.54) is 0 Å². The smallest absolute Gasteiger partial charge is 0.262 e. The van der Waals surface area contributed by atoms with Crippen LogP contribution in [0.25, 0.3) is 11.3 Å². The number of carbonyl (C=O) groups is 1. The van der Waals surface area contributed by atoms with E-state index in [2.05, 4.69) is 31.4 Å². The Balaban J connectivity index is 2.04. The van der Waals surface area contributed by atoms with Crippen molar-refractivity contribution in [3.8, 4) is 17.0 Å². The fourth-order valence-corrected chi connectivity index (χ4v) is 2.49. The minimum absolute atomic E-state index is 0.0514. The number of benzene rings is 1. The molecule has 0 spiro atoms. The predicted molar refractivity (Wildman–Crippen MR) is 73.7 cm³/mol. The standard InChI is InChI=1S/C12H11BrN4O2/c13-11-8(4-14)16-17-12(11)6-1-2-9-7(3-6)15-10(18)5-19-9/h1-3H,4-5,14H2,(H,15,18)(H,16,17). The van der Waals surface area contributed by atoms with Gasteiger partial charge in [0.15, 0.2) is 6.61 Å². The third-order valence-electron chi connectivity index (χ3n) is 2.87. The number of rotatable bonds is 2. The molecule has 3 rings (SSSR count). The lowest BCUT2D eigenvalue weighted by molar-refractivity contribution is -0.118. The molecule has 6 nitrogen and oxygen atoms in total. The molecule has 2 aromatic rings. The van der Waals surface area contributed by atoms with E-state index in [0.717, 1.165) is 21.4 Å². The predicted octanol–water partition coefficient (Wildman–Crippen LogP) is 1.63. The molecule has 0 saturated carbocycles. The molecule has 1 aromatic carbocycles. The van der Waals surface area contributed by atoms with Crippen molar-refractivity contribution >= 4 is 27.5 Å². The van der Waals surface area contributed by atoms with Crippen LogP contribution in [0.15, 0.2) is 22.7 Å². The molecular weight excluding hydrogens is 312 g/mol. The fraction of sp³-hybridized carbons (Fsp3) is 0.167. The monoisotopic (exact) mass is 322 g/mol. The second-order valence-electron chi connectivity index (χ2n) is 4.12. The van der Waals surface area contributed by atoms with Crippen molar-refractivity contribution < 1.29 is 9.53 Å². The maximum Gasteiger partial charge on any atom is 0.262 e. The van der Waals surface area contributed by atoms with Crippen LogP contribution in [0.4, 0.5) is 5.69 Å². The van der Waals surface area contributed by atoms with E-state index in [9.17, 15) is 4.79 Å². The van der Waals surface area contributed by atoms with Gasteiger partial charge in [0.2, 0.25) is 0 Å². The first-order chi connectivity index (χ1) is 9.19. The number of nitrogens with zero attached hydrogens (tertiary/aromatic N) is 1. The fourth-order valence-electron chi connectivity index (χ4n) is 1.92. The van der Waals surface area contributed by atoms with Gasteiger partial charge in [0.05, 0.1) is 15.9 Å². The molecule has 7 heteroatoms. The normalized spacial score (nSPS) is 13.7. The number of hydrogen-bond donors (Lipinski definition) is 3. The Bertz CT molecular complexity index is 653. The highest BCUT2D eigenvalue weighted by atomic mass is 79.9. The van der Waals surface area contributed by atoms with Crippen LogP contribution in [0, 0.1) is 0 Å². The van der Waals surface area contributed by atoms with Crippen LogP contribution in [0.5, 0.6) is 5.75 Å². The Morgan fingerprint density at radius 1 is 1.47 bits per heavy atom. The van der Waals surface area contributed by atoms with Gasteiger partial charge in [-0.25, -0.2) is 0 Å². The van der Waals surface area contributed by atoms with Gasteiger partial charge in [0, 0.05) is 12.1 Å². The van der Waals surface area contributed by atoms with E-state index in [4.69, 9.17) is 10.5 Å². The quantitative estimate of drug-likeness (QED) is 0.783. The first-order valence-corrected chi connectivity index (χ1v) is 6.48. The maximum absolute atomic E-state index is 11.3. The minimum atomic E-state index is -0.159. The number of nitrogens with one attached hydrogen (secondary N) is 2. The zero-order valence-electron chi connectivity index (χ0n) is 9.87.